The van der Waals surface area contributed by atoms with Crippen LogP contribution in [-0.4, -0.2) is 17.6 Å². The van der Waals surface area contributed by atoms with E-state index in [2.05, 4.69) is 27.9 Å². The molecule has 2 heterocycles. The van der Waals surface area contributed by atoms with E-state index in [9.17, 15) is 4.79 Å². The second-order valence-electron chi connectivity index (χ2n) is 5.45. The van der Waals surface area contributed by atoms with E-state index in [4.69, 9.17) is 4.52 Å². The molecule has 0 fully saturated rings. The van der Waals surface area contributed by atoms with E-state index >= 15 is 0 Å². The first-order valence-corrected chi connectivity index (χ1v) is 7.16. The topological polar surface area (TPSA) is 67.2 Å². The molecule has 0 aliphatic carbocycles. The molecule has 110 valence electrons. The summed E-state index contributed by atoms with van der Waals surface area (Å²) in [6, 6.07) is 8.16. The molecule has 1 unspecified atom stereocenters. The van der Waals surface area contributed by atoms with Gasteiger partial charge in [-0.25, -0.2) is 0 Å². The SMILES string of the molecule is Cc1noc(C)c1CNC(=O)CC1CNc2ccccc21. The highest BCUT2D eigenvalue weighted by Crippen LogP contribution is 2.33. The van der Waals surface area contributed by atoms with Crippen molar-refractivity contribution >= 4 is 11.6 Å². The first-order valence-electron chi connectivity index (χ1n) is 7.16. The number of rotatable bonds is 4. The number of benzene rings is 1. The van der Waals surface area contributed by atoms with Crippen LogP contribution in [0.2, 0.25) is 0 Å². The molecule has 1 aromatic carbocycles. The maximum Gasteiger partial charge on any atom is 0.220 e. The van der Waals surface area contributed by atoms with E-state index in [1.165, 1.54) is 5.56 Å². The Morgan fingerprint density at radius 1 is 1.43 bits per heavy atom. The summed E-state index contributed by atoms with van der Waals surface area (Å²) in [6.07, 6.45) is 0.493. The molecule has 3 rings (SSSR count). The summed E-state index contributed by atoms with van der Waals surface area (Å²) < 4.78 is 5.10. The summed E-state index contributed by atoms with van der Waals surface area (Å²) in [4.78, 5) is 12.1. The number of para-hydroxylation sites is 1. The number of fused-ring (bicyclic) bond motifs is 1. The number of anilines is 1. The predicted molar refractivity (Wildman–Crippen MR) is 80.1 cm³/mol. The van der Waals surface area contributed by atoms with Gasteiger partial charge >= 0.3 is 0 Å². The first kappa shape index (κ1) is 13.7. The summed E-state index contributed by atoms with van der Waals surface area (Å²) in [5.74, 6) is 1.06. The van der Waals surface area contributed by atoms with Gasteiger partial charge in [-0.1, -0.05) is 23.4 Å². The van der Waals surface area contributed by atoms with Gasteiger partial charge in [-0.2, -0.15) is 0 Å². The number of aryl methyl sites for hydroxylation is 2. The highest BCUT2D eigenvalue weighted by molar-refractivity contribution is 5.78. The van der Waals surface area contributed by atoms with Crippen molar-refractivity contribution in [2.75, 3.05) is 11.9 Å². The maximum absolute atomic E-state index is 12.1. The minimum atomic E-state index is 0.0542. The van der Waals surface area contributed by atoms with Crippen molar-refractivity contribution in [3.63, 3.8) is 0 Å². The Kier molecular flexibility index (Phi) is 3.64. The predicted octanol–water partition coefficient (Wildman–Crippen LogP) is 2.51. The molecule has 0 saturated heterocycles. The van der Waals surface area contributed by atoms with Gasteiger partial charge in [0.15, 0.2) is 0 Å². The van der Waals surface area contributed by atoms with Gasteiger partial charge in [0.2, 0.25) is 5.91 Å². The quantitative estimate of drug-likeness (QED) is 0.905. The zero-order valence-corrected chi connectivity index (χ0v) is 12.3. The molecule has 0 bridgehead atoms. The van der Waals surface area contributed by atoms with Crippen LogP contribution in [0.5, 0.6) is 0 Å². The molecule has 21 heavy (non-hydrogen) atoms. The molecule has 1 aromatic heterocycles. The van der Waals surface area contributed by atoms with Crippen molar-refractivity contribution in [2.24, 2.45) is 0 Å². The average Bonchev–Trinajstić information content (AvgIpc) is 3.02. The molecular weight excluding hydrogens is 266 g/mol. The van der Waals surface area contributed by atoms with Crippen LogP contribution in [0.15, 0.2) is 28.8 Å². The summed E-state index contributed by atoms with van der Waals surface area (Å²) >= 11 is 0. The van der Waals surface area contributed by atoms with Crippen LogP contribution in [0, 0.1) is 13.8 Å². The van der Waals surface area contributed by atoms with Gasteiger partial charge in [-0.15, -0.1) is 0 Å². The fourth-order valence-electron chi connectivity index (χ4n) is 2.78. The van der Waals surface area contributed by atoms with E-state index in [1.807, 2.05) is 26.0 Å². The van der Waals surface area contributed by atoms with Gasteiger partial charge in [0.05, 0.1) is 5.69 Å². The van der Waals surface area contributed by atoms with Crippen molar-refractivity contribution in [1.29, 1.82) is 0 Å². The first-order chi connectivity index (χ1) is 10.1. The van der Waals surface area contributed by atoms with Crippen molar-refractivity contribution in [3.05, 3.63) is 46.8 Å². The summed E-state index contributed by atoms with van der Waals surface area (Å²) in [5, 5.41) is 10.2. The molecule has 2 aromatic rings. The van der Waals surface area contributed by atoms with Gasteiger partial charge in [0, 0.05) is 36.7 Å². The lowest BCUT2D eigenvalue weighted by molar-refractivity contribution is -0.121. The fourth-order valence-corrected chi connectivity index (χ4v) is 2.78. The molecule has 1 aliphatic heterocycles. The number of carbonyl (C=O) groups excluding carboxylic acids is 1. The number of hydrogen-bond acceptors (Lipinski definition) is 4. The third-order valence-electron chi connectivity index (χ3n) is 4.01. The normalized spacial score (nSPS) is 16.4. The van der Waals surface area contributed by atoms with Crippen LogP contribution < -0.4 is 10.6 Å². The molecule has 0 saturated carbocycles. The van der Waals surface area contributed by atoms with Crippen molar-refractivity contribution in [2.45, 2.75) is 32.7 Å². The summed E-state index contributed by atoms with van der Waals surface area (Å²) in [7, 11) is 0. The zero-order chi connectivity index (χ0) is 14.8. The Hall–Kier alpha value is -2.30. The Bertz CT molecular complexity index is 644. The molecular formula is C16H19N3O2. The third-order valence-corrected chi connectivity index (χ3v) is 4.01. The van der Waals surface area contributed by atoms with Gasteiger partial charge in [0.25, 0.3) is 0 Å². The smallest absolute Gasteiger partial charge is 0.220 e. The molecule has 1 amide bonds. The number of nitrogens with zero attached hydrogens (tertiary/aromatic N) is 1. The lowest BCUT2D eigenvalue weighted by Crippen LogP contribution is -2.25. The number of amides is 1. The van der Waals surface area contributed by atoms with Gasteiger partial charge in [-0.05, 0) is 25.5 Å². The second-order valence-corrected chi connectivity index (χ2v) is 5.45. The van der Waals surface area contributed by atoms with Gasteiger partial charge in [0.1, 0.15) is 5.76 Å². The average molecular weight is 285 g/mol. The lowest BCUT2D eigenvalue weighted by atomic mass is 9.97. The van der Waals surface area contributed by atoms with Crippen molar-refractivity contribution < 1.29 is 9.32 Å². The molecule has 0 spiro atoms. The number of hydrogen-bond donors (Lipinski definition) is 2. The van der Waals surface area contributed by atoms with E-state index in [0.717, 1.165) is 29.2 Å². The highest BCUT2D eigenvalue weighted by atomic mass is 16.5. The Morgan fingerprint density at radius 3 is 3.00 bits per heavy atom. The molecule has 5 heteroatoms. The molecule has 1 aliphatic rings. The van der Waals surface area contributed by atoms with Crippen LogP contribution >= 0.6 is 0 Å². The van der Waals surface area contributed by atoms with Gasteiger partial charge < -0.3 is 15.2 Å². The van der Waals surface area contributed by atoms with Crippen molar-refractivity contribution in [3.8, 4) is 0 Å². The molecule has 0 radical (unpaired) electrons. The van der Waals surface area contributed by atoms with Gasteiger partial charge in [-0.3, -0.25) is 4.79 Å². The van der Waals surface area contributed by atoms with E-state index in [0.29, 0.717) is 13.0 Å². The molecule has 5 nitrogen and oxygen atoms in total. The summed E-state index contributed by atoms with van der Waals surface area (Å²) in [5.41, 5.74) is 4.17. The van der Waals surface area contributed by atoms with Crippen LogP contribution in [-0.2, 0) is 11.3 Å². The summed E-state index contributed by atoms with van der Waals surface area (Å²) in [6.45, 7) is 5.04. The van der Waals surface area contributed by atoms with Crippen LogP contribution in [0.1, 0.15) is 34.9 Å². The maximum atomic E-state index is 12.1. The number of nitrogens with one attached hydrogen (secondary N) is 2. The zero-order valence-electron chi connectivity index (χ0n) is 12.3. The van der Waals surface area contributed by atoms with E-state index in [1.54, 1.807) is 0 Å². The number of aromatic nitrogens is 1. The second kappa shape index (κ2) is 5.60. The Morgan fingerprint density at radius 2 is 2.24 bits per heavy atom. The standard InChI is InChI=1S/C16H19N3O2/c1-10-14(11(2)21-19-10)9-18-16(20)7-12-8-17-15-6-4-3-5-13(12)15/h3-6,12,17H,7-9H2,1-2H3,(H,18,20). The number of carbonyl (C=O) groups is 1. The third kappa shape index (κ3) is 2.77. The molecule has 2 N–H and O–H groups in total. The molecule has 1 atom stereocenters. The highest BCUT2D eigenvalue weighted by Gasteiger charge is 2.24. The van der Waals surface area contributed by atoms with Crippen LogP contribution in [0.25, 0.3) is 0 Å². The largest absolute Gasteiger partial charge is 0.384 e. The van der Waals surface area contributed by atoms with Crippen LogP contribution in [0.4, 0.5) is 5.69 Å². The van der Waals surface area contributed by atoms with Crippen LogP contribution in [0.3, 0.4) is 0 Å². The fraction of sp³-hybridized carbons (Fsp3) is 0.375. The Balaban J connectivity index is 1.58. The van der Waals surface area contributed by atoms with Crippen molar-refractivity contribution in [1.82, 2.24) is 10.5 Å². The minimum Gasteiger partial charge on any atom is -0.384 e. The van der Waals surface area contributed by atoms with E-state index < -0.39 is 0 Å². The lowest BCUT2D eigenvalue weighted by Gasteiger charge is -2.10. The van der Waals surface area contributed by atoms with E-state index in [-0.39, 0.29) is 11.8 Å². The minimum absolute atomic E-state index is 0.0542. The Labute approximate surface area is 123 Å². The monoisotopic (exact) mass is 285 g/mol.